The molecule has 2 aromatic carbocycles. The van der Waals surface area contributed by atoms with Gasteiger partial charge in [0.25, 0.3) is 0 Å². The molecule has 0 radical (unpaired) electrons. The number of phenols is 1. The van der Waals surface area contributed by atoms with Gasteiger partial charge in [0.2, 0.25) is 0 Å². The van der Waals surface area contributed by atoms with Gasteiger partial charge in [0.15, 0.2) is 23.0 Å². The molecule has 1 heterocycles. The number of aldehydes is 1. The first-order valence-corrected chi connectivity index (χ1v) is 8.11. The van der Waals surface area contributed by atoms with E-state index >= 15 is 0 Å². The molecule has 0 bridgehead atoms. The highest BCUT2D eigenvalue weighted by molar-refractivity contribution is 5.75. The highest BCUT2D eigenvalue weighted by Crippen LogP contribution is 2.51. The third kappa shape index (κ3) is 3.11. The number of allylic oxidation sites excluding steroid dienone is 1. The minimum Gasteiger partial charge on any atom is -0.504 e. The number of aliphatic hydroxyl groups is 1. The summed E-state index contributed by atoms with van der Waals surface area (Å²) < 4.78 is 16.7. The molecule has 0 amide bonds. The molecule has 0 aliphatic carbocycles. The molecule has 0 aromatic heterocycles. The quantitative estimate of drug-likeness (QED) is 0.612. The van der Waals surface area contributed by atoms with Gasteiger partial charge < -0.3 is 24.4 Å². The van der Waals surface area contributed by atoms with E-state index in [9.17, 15) is 15.0 Å². The van der Waals surface area contributed by atoms with Crippen LogP contribution in [0.4, 0.5) is 0 Å². The van der Waals surface area contributed by atoms with E-state index in [1.54, 1.807) is 24.3 Å². The summed E-state index contributed by atoms with van der Waals surface area (Å²) in [7, 11) is 3.01. The Bertz CT molecular complexity index is 842. The summed E-state index contributed by atoms with van der Waals surface area (Å²) in [4.78, 5) is 10.6. The predicted molar refractivity (Wildman–Crippen MR) is 95.9 cm³/mol. The highest BCUT2D eigenvalue weighted by Gasteiger charge is 2.37. The van der Waals surface area contributed by atoms with Crippen LogP contribution in [0.1, 0.15) is 28.7 Å². The smallest absolute Gasteiger partial charge is 0.165 e. The number of carbonyl (C=O) groups excluding carboxylic acids is 1. The number of rotatable bonds is 6. The van der Waals surface area contributed by atoms with Crippen molar-refractivity contribution in [1.29, 1.82) is 0 Å². The van der Waals surface area contributed by atoms with Crippen LogP contribution in [0.15, 0.2) is 36.4 Å². The van der Waals surface area contributed by atoms with Crippen LogP contribution in [0.5, 0.6) is 23.0 Å². The summed E-state index contributed by atoms with van der Waals surface area (Å²) in [6, 6.07) is 8.60. The van der Waals surface area contributed by atoms with E-state index in [1.807, 2.05) is 6.07 Å². The molecule has 1 aliphatic rings. The van der Waals surface area contributed by atoms with E-state index in [0.29, 0.717) is 23.5 Å². The number of fused-ring (bicyclic) bond motifs is 1. The second kappa shape index (κ2) is 7.49. The zero-order chi connectivity index (χ0) is 18.7. The standard InChI is InChI=1S/C20H20O6/c1-24-17-10-13(5-6-16(17)23)19-15(11-22)14-8-12(4-3-7-21)9-18(25-2)20(14)26-19/h3-10,15,19,22-23H,11H2,1-2H3/t15-,19-/m0/s1. The van der Waals surface area contributed by atoms with Gasteiger partial charge in [0.1, 0.15) is 12.4 Å². The first kappa shape index (κ1) is 17.8. The third-order valence-electron chi connectivity index (χ3n) is 4.43. The predicted octanol–water partition coefficient (Wildman–Crippen LogP) is 2.83. The summed E-state index contributed by atoms with van der Waals surface area (Å²) >= 11 is 0. The van der Waals surface area contributed by atoms with Crippen LogP contribution in [0.2, 0.25) is 0 Å². The topological polar surface area (TPSA) is 85.2 Å². The van der Waals surface area contributed by atoms with Gasteiger partial charge in [-0.15, -0.1) is 0 Å². The second-order valence-corrected chi connectivity index (χ2v) is 5.90. The largest absolute Gasteiger partial charge is 0.504 e. The Balaban J connectivity index is 2.06. The molecule has 0 fully saturated rings. The molecule has 6 heteroatoms. The van der Waals surface area contributed by atoms with Gasteiger partial charge in [0.05, 0.1) is 26.7 Å². The molecule has 2 atom stereocenters. The van der Waals surface area contributed by atoms with Gasteiger partial charge in [-0.3, -0.25) is 4.79 Å². The van der Waals surface area contributed by atoms with Gasteiger partial charge in [-0.25, -0.2) is 0 Å². The molecule has 3 rings (SSSR count). The van der Waals surface area contributed by atoms with Crippen LogP contribution in [0.25, 0.3) is 6.08 Å². The zero-order valence-electron chi connectivity index (χ0n) is 14.5. The lowest BCUT2D eigenvalue weighted by Gasteiger charge is -2.18. The summed E-state index contributed by atoms with van der Waals surface area (Å²) in [6.07, 6.45) is 3.31. The molecular weight excluding hydrogens is 336 g/mol. The van der Waals surface area contributed by atoms with Crippen LogP contribution in [0, 0.1) is 0 Å². The number of aliphatic hydroxyl groups excluding tert-OH is 1. The van der Waals surface area contributed by atoms with Crippen molar-refractivity contribution in [2.45, 2.75) is 12.0 Å². The van der Waals surface area contributed by atoms with Crippen molar-refractivity contribution in [3.05, 3.63) is 53.1 Å². The molecule has 0 saturated carbocycles. The summed E-state index contributed by atoms with van der Waals surface area (Å²) in [6.45, 7) is -0.134. The fourth-order valence-corrected chi connectivity index (χ4v) is 3.18. The number of hydrogen-bond donors (Lipinski definition) is 2. The maximum Gasteiger partial charge on any atom is 0.165 e. The van der Waals surface area contributed by atoms with Crippen molar-refractivity contribution in [2.75, 3.05) is 20.8 Å². The van der Waals surface area contributed by atoms with E-state index in [1.165, 1.54) is 26.4 Å². The number of ether oxygens (including phenoxy) is 3. The fourth-order valence-electron chi connectivity index (χ4n) is 3.18. The molecule has 2 N–H and O–H groups in total. The molecular formula is C20H20O6. The second-order valence-electron chi connectivity index (χ2n) is 5.90. The molecule has 136 valence electrons. The number of methoxy groups -OCH3 is 2. The highest BCUT2D eigenvalue weighted by atomic mass is 16.5. The van der Waals surface area contributed by atoms with E-state index in [0.717, 1.165) is 16.7 Å². The van der Waals surface area contributed by atoms with Crippen molar-refractivity contribution >= 4 is 12.4 Å². The number of benzene rings is 2. The normalized spacial score (nSPS) is 18.4. The number of phenolic OH excluding ortho intramolecular Hbond substituents is 1. The molecule has 0 saturated heterocycles. The van der Waals surface area contributed by atoms with Crippen LogP contribution >= 0.6 is 0 Å². The Morgan fingerprint density at radius 1 is 1.15 bits per heavy atom. The van der Waals surface area contributed by atoms with Crippen molar-refractivity contribution in [3.63, 3.8) is 0 Å². The van der Waals surface area contributed by atoms with Gasteiger partial charge in [-0.05, 0) is 41.5 Å². The molecule has 0 unspecified atom stereocenters. The van der Waals surface area contributed by atoms with E-state index in [2.05, 4.69) is 0 Å². The lowest BCUT2D eigenvalue weighted by atomic mass is 9.90. The molecule has 26 heavy (non-hydrogen) atoms. The monoisotopic (exact) mass is 356 g/mol. The van der Waals surface area contributed by atoms with Gasteiger partial charge in [-0.2, -0.15) is 0 Å². The van der Waals surface area contributed by atoms with Crippen LogP contribution in [-0.4, -0.2) is 37.3 Å². The molecule has 1 aliphatic heterocycles. The summed E-state index contributed by atoms with van der Waals surface area (Å²) in [5.74, 6) is 1.14. The summed E-state index contributed by atoms with van der Waals surface area (Å²) in [5, 5.41) is 19.8. The fraction of sp³-hybridized carbons (Fsp3) is 0.250. The Labute approximate surface area is 151 Å². The molecule has 2 aromatic rings. The van der Waals surface area contributed by atoms with E-state index < -0.39 is 6.10 Å². The number of hydrogen-bond acceptors (Lipinski definition) is 6. The van der Waals surface area contributed by atoms with Crippen LogP contribution < -0.4 is 14.2 Å². The average molecular weight is 356 g/mol. The Morgan fingerprint density at radius 2 is 1.92 bits per heavy atom. The van der Waals surface area contributed by atoms with Gasteiger partial charge >= 0.3 is 0 Å². The lowest BCUT2D eigenvalue weighted by Crippen LogP contribution is -2.13. The number of carbonyl (C=O) groups is 1. The molecule has 0 spiro atoms. The third-order valence-corrected chi connectivity index (χ3v) is 4.43. The summed E-state index contributed by atoms with van der Waals surface area (Å²) in [5.41, 5.74) is 2.34. The Hall–Kier alpha value is -2.99. The van der Waals surface area contributed by atoms with Crippen molar-refractivity contribution in [3.8, 4) is 23.0 Å². The minimum absolute atomic E-state index is 0.0335. The van der Waals surface area contributed by atoms with Crippen molar-refractivity contribution < 1.29 is 29.2 Å². The average Bonchev–Trinajstić information content (AvgIpc) is 3.04. The molecule has 6 nitrogen and oxygen atoms in total. The van der Waals surface area contributed by atoms with E-state index in [-0.39, 0.29) is 18.3 Å². The SMILES string of the molecule is COc1cc([C@@H]2Oc3c(OC)cc(C=CC=O)cc3[C@@H]2CO)ccc1O. The van der Waals surface area contributed by atoms with Crippen molar-refractivity contribution in [1.82, 2.24) is 0 Å². The van der Waals surface area contributed by atoms with Gasteiger partial charge in [-0.1, -0.05) is 12.1 Å². The van der Waals surface area contributed by atoms with Crippen LogP contribution in [-0.2, 0) is 4.79 Å². The Morgan fingerprint density at radius 3 is 2.58 bits per heavy atom. The lowest BCUT2D eigenvalue weighted by molar-refractivity contribution is -0.104. The van der Waals surface area contributed by atoms with Crippen molar-refractivity contribution in [2.24, 2.45) is 0 Å². The van der Waals surface area contributed by atoms with Crippen LogP contribution in [0.3, 0.4) is 0 Å². The maximum absolute atomic E-state index is 10.6. The first-order chi connectivity index (χ1) is 12.6. The van der Waals surface area contributed by atoms with Gasteiger partial charge in [0, 0.05) is 5.56 Å². The first-order valence-electron chi connectivity index (χ1n) is 8.11. The minimum atomic E-state index is -0.455. The zero-order valence-corrected chi connectivity index (χ0v) is 14.5. The maximum atomic E-state index is 10.6. The van der Waals surface area contributed by atoms with E-state index in [4.69, 9.17) is 14.2 Å². The number of aromatic hydroxyl groups is 1. The Kier molecular flexibility index (Phi) is 5.14.